The molecule has 3 aromatic carbocycles. The molecule has 1 aliphatic rings. The molecule has 0 fully saturated rings. The highest BCUT2D eigenvalue weighted by molar-refractivity contribution is 6.53. The number of ether oxygens (including phenoxy) is 1. The van der Waals surface area contributed by atoms with E-state index in [1.54, 1.807) is 61.5 Å². The van der Waals surface area contributed by atoms with Gasteiger partial charge in [-0.2, -0.15) is 0 Å². The first-order valence-electron chi connectivity index (χ1n) is 11.7. The number of carbonyl (C=O) groups is 4. The molecular weight excluding hydrogens is 529 g/mol. The summed E-state index contributed by atoms with van der Waals surface area (Å²) in [6.45, 7) is 3.95. The van der Waals surface area contributed by atoms with Crippen LogP contribution in [0.3, 0.4) is 0 Å². The number of halogens is 2. The van der Waals surface area contributed by atoms with Crippen LogP contribution < -0.4 is 15.5 Å². The summed E-state index contributed by atoms with van der Waals surface area (Å²) in [5, 5.41) is 5.69. The molecule has 0 aliphatic carbocycles. The molecule has 0 bridgehead atoms. The van der Waals surface area contributed by atoms with E-state index in [4.69, 9.17) is 27.9 Å². The summed E-state index contributed by atoms with van der Waals surface area (Å²) < 4.78 is 5.19. The van der Waals surface area contributed by atoms with Gasteiger partial charge in [-0.15, -0.1) is 0 Å². The van der Waals surface area contributed by atoms with E-state index < -0.39 is 23.7 Å². The van der Waals surface area contributed by atoms with Crippen LogP contribution in [0.2, 0.25) is 5.02 Å². The summed E-state index contributed by atoms with van der Waals surface area (Å²) >= 11 is 12.4. The number of aryl methyl sites for hydroxylation is 1. The number of nitrogens with zero attached hydrogens (tertiary/aromatic N) is 1. The van der Waals surface area contributed by atoms with E-state index in [0.29, 0.717) is 22.8 Å². The Balaban J connectivity index is 1.53. The Labute approximate surface area is 229 Å². The number of anilines is 3. The van der Waals surface area contributed by atoms with E-state index in [2.05, 4.69) is 10.6 Å². The second kappa shape index (κ2) is 11.5. The molecule has 0 radical (unpaired) electrons. The standard InChI is InChI=1S/C28H23Cl2N3O5/c1-3-13-38-28(37)20-9-4-5-10-22(20)32-25(34)17-7-6-8-18(14-17)31-24-23(30)26(35)33(27(24)36)19-12-11-16(2)21(29)15-19/h4-12,14-15,31H,3,13H2,1-2H3,(H,32,34). The average Bonchev–Trinajstić information content (AvgIpc) is 3.12. The molecule has 0 saturated heterocycles. The molecule has 10 heteroatoms. The Hall–Kier alpha value is -4.14. The SMILES string of the molecule is CCCOC(=O)c1ccccc1NC(=O)c1cccc(NC2=C(Cl)C(=O)N(c3ccc(C)c(Cl)c3)C2=O)c1. The van der Waals surface area contributed by atoms with Gasteiger partial charge in [0.1, 0.15) is 10.7 Å². The zero-order valence-electron chi connectivity index (χ0n) is 20.5. The quantitative estimate of drug-likeness (QED) is 0.266. The third-order valence-corrected chi connectivity index (χ3v) is 6.43. The van der Waals surface area contributed by atoms with E-state index in [0.717, 1.165) is 10.5 Å². The monoisotopic (exact) mass is 551 g/mol. The van der Waals surface area contributed by atoms with Gasteiger partial charge in [-0.3, -0.25) is 14.4 Å². The van der Waals surface area contributed by atoms with E-state index in [1.807, 2.05) is 6.92 Å². The van der Waals surface area contributed by atoms with Gasteiger partial charge >= 0.3 is 5.97 Å². The summed E-state index contributed by atoms with van der Waals surface area (Å²) in [6, 6.07) is 17.6. The summed E-state index contributed by atoms with van der Waals surface area (Å²) in [7, 11) is 0. The number of hydrogen-bond acceptors (Lipinski definition) is 6. The molecule has 2 N–H and O–H groups in total. The lowest BCUT2D eigenvalue weighted by Crippen LogP contribution is -2.32. The Morgan fingerprint density at radius 2 is 1.71 bits per heavy atom. The molecule has 3 amide bonds. The van der Waals surface area contributed by atoms with Crippen molar-refractivity contribution >= 4 is 64.0 Å². The highest BCUT2D eigenvalue weighted by Crippen LogP contribution is 2.32. The zero-order valence-corrected chi connectivity index (χ0v) is 22.0. The van der Waals surface area contributed by atoms with Gasteiger partial charge in [0.2, 0.25) is 0 Å². The molecular formula is C28H23Cl2N3O5. The van der Waals surface area contributed by atoms with Gasteiger partial charge in [0, 0.05) is 16.3 Å². The minimum absolute atomic E-state index is 0.130. The third-order valence-electron chi connectivity index (χ3n) is 5.67. The highest BCUT2D eigenvalue weighted by Gasteiger charge is 2.39. The number of imide groups is 1. The molecule has 38 heavy (non-hydrogen) atoms. The number of amides is 3. The molecule has 0 unspecified atom stereocenters. The molecule has 194 valence electrons. The number of nitrogens with one attached hydrogen (secondary N) is 2. The average molecular weight is 552 g/mol. The van der Waals surface area contributed by atoms with Gasteiger partial charge in [-0.05, 0) is 61.4 Å². The van der Waals surface area contributed by atoms with Crippen LogP contribution in [0.25, 0.3) is 0 Å². The zero-order chi connectivity index (χ0) is 27.4. The number of para-hydroxylation sites is 1. The predicted molar refractivity (Wildman–Crippen MR) is 147 cm³/mol. The van der Waals surface area contributed by atoms with Crippen molar-refractivity contribution in [2.75, 3.05) is 22.1 Å². The fraction of sp³-hybridized carbons (Fsp3) is 0.143. The molecule has 0 saturated carbocycles. The lowest BCUT2D eigenvalue weighted by Gasteiger charge is -2.16. The molecule has 4 rings (SSSR count). The van der Waals surface area contributed by atoms with Crippen LogP contribution in [-0.4, -0.2) is 30.3 Å². The highest BCUT2D eigenvalue weighted by atomic mass is 35.5. The van der Waals surface area contributed by atoms with Crippen LogP contribution in [0, 0.1) is 6.92 Å². The van der Waals surface area contributed by atoms with Gasteiger partial charge in [0.25, 0.3) is 17.7 Å². The third kappa shape index (κ3) is 5.56. The molecule has 0 spiro atoms. The fourth-order valence-electron chi connectivity index (χ4n) is 3.69. The van der Waals surface area contributed by atoms with E-state index in [-0.39, 0.29) is 34.2 Å². The lowest BCUT2D eigenvalue weighted by molar-refractivity contribution is -0.120. The van der Waals surface area contributed by atoms with Crippen LogP contribution in [0.4, 0.5) is 17.1 Å². The normalized spacial score (nSPS) is 13.1. The van der Waals surface area contributed by atoms with Gasteiger partial charge in [0.15, 0.2) is 0 Å². The minimum atomic E-state index is -0.695. The topological polar surface area (TPSA) is 105 Å². The molecule has 8 nitrogen and oxygen atoms in total. The van der Waals surface area contributed by atoms with Crippen LogP contribution in [-0.2, 0) is 14.3 Å². The number of hydrogen-bond donors (Lipinski definition) is 2. The Kier molecular flexibility index (Phi) is 8.14. The smallest absolute Gasteiger partial charge is 0.340 e. The first-order chi connectivity index (χ1) is 18.2. The lowest BCUT2D eigenvalue weighted by atomic mass is 10.1. The number of carbonyl (C=O) groups excluding carboxylic acids is 4. The van der Waals surface area contributed by atoms with Crippen molar-refractivity contribution in [1.29, 1.82) is 0 Å². The number of benzene rings is 3. The summed E-state index contributed by atoms with van der Waals surface area (Å²) in [5.74, 6) is -2.38. The molecule has 1 aliphatic heterocycles. The Bertz CT molecular complexity index is 1480. The number of esters is 1. The van der Waals surface area contributed by atoms with Crippen molar-refractivity contribution in [1.82, 2.24) is 0 Å². The second-order valence-corrected chi connectivity index (χ2v) is 9.19. The number of rotatable bonds is 8. The first kappa shape index (κ1) is 26.9. The summed E-state index contributed by atoms with van der Waals surface area (Å²) in [4.78, 5) is 52.2. The van der Waals surface area contributed by atoms with Crippen molar-refractivity contribution < 1.29 is 23.9 Å². The van der Waals surface area contributed by atoms with E-state index in [1.165, 1.54) is 12.1 Å². The van der Waals surface area contributed by atoms with Gasteiger partial charge < -0.3 is 15.4 Å². The van der Waals surface area contributed by atoms with Crippen LogP contribution >= 0.6 is 23.2 Å². The Morgan fingerprint density at radius 3 is 2.45 bits per heavy atom. The maximum Gasteiger partial charge on any atom is 0.340 e. The largest absolute Gasteiger partial charge is 0.462 e. The van der Waals surface area contributed by atoms with Gasteiger partial charge in [-0.1, -0.05) is 54.4 Å². The predicted octanol–water partition coefficient (Wildman–Crippen LogP) is 5.90. The second-order valence-electron chi connectivity index (χ2n) is 8.41. The van der Waals surface area contributed by atoms with E-state index in [9.17, 15) is 19.2 Å². The van der Waals surface area contributed by atoms with E-state index >= 15 is 0 Å². The first-order valence-corrected chi connectivity index (χ1v) is 12.5. The van der Waals surface area contributed by atoms with Crippen LogP contribution in [0.1, 0.15) is 39.6 Å². The molecule has 1 heterocycles. The minimum Gasteiger partial charge on any atom is -0.462 e. The maximum atomic E-state index is 13.1. The maximum absolute atomic E-state index is 13.1. The Morgan fingerprint density at radius 1 is 0.947 bits per heavy atom. The van der Waals surface area contributed by atoms with Crippen molar-refractivity contribution in [3.8, 4) is 0 Å². The molecule has 0 aromatic heterocycles. The molecule has 3 aromatic rings. The van der Waals surface area contributed by atoms with Crippen molar-refractivity contribution in [3.63, 3.8) is 0 Å². The van der Waals surface area contributed by atoms with Crippen molar-refractivity contribution in [2.24, 2.45) is 0 Å². The van der Waals surface area contributed by atoms with Crippen LogP contribution in [0.5, 0.6) is 0 Å². The van der Waals surface area contributed by atoms with Crippen molar-refractivity contribution in [3.05, 3.63) is 99.2 Å². The molecule has 0 atom stereocenters. The fourth-order valence-corrected chi connectivity index (χ4v) is 4.07. The van der Waals surface area contributed by atoms with Crippen LogP contribution in [0.15, 0.2) is 77.5 Å². The van der Waals surface area contributed by atoms with Gasteiger partial charge in [0.05, 0.1) is 23.5 Å². The van der Waals surface area contributed by atoms with Gasteiger partial charge in [-0.25, -0.2) is 9.69 Å². The summed E-state index contributed by atoms with van der Waals surface area (Å²) in [5.41, 5.74) is 2.07. The summed E-state index contributed by atoms with van der Waals surface area (Å²) in [6.07, 6.45) is 0.672. The van der Waals surface area contributed by atoms with Crippen molar-refractivity contribution in [2.45, 2.75) is 20.3 Å².